The lowest BCUT2D eigenvalue weighted by atomic mass is 10.1. The molecule has 1 amide bonds. The standard InChI is InChI=1S/C20H16F2IN3O2/c21-13-8-17(26-16-4-3-14(23)10-15(16)22)19(20(24)27)18(9-13)28-7-5-12-2-1-6-25-11-12/h1-4,6,8-11,26H,5,7H2,(H2,24,27). The number of anilines is 2. The van der Waals surface area contributed by atoms with E-state index >= 15 is 0 Å². The Labute approximate surface area is 174 Å². The Hall–Kier alpha value is -2.75. The minimum Gasteiger partial charge on any atom is -0.492 e. The molecule has 2 aromatic carbocycles. The van der Waals surface area contributed by atoms with Gasteiger partial charge in [0.2, 0.25) is 0 Å². The Morgan fingerprint density at radius 3 is 2.68 bits per heavy atom. The van der Waals surface area contributed by atoms with Crippen molar-refractivity contribution >= 4 is 39.9 Å². The number of nitrogens with one attached hydrogen (secondary N) is 1. The zero-order valence-corrected chi connectivity index (χ0v) is 16.7. The van der Waals surface area contributed by atoms with Crippen molar-refractivity contribution < 1.29 is 18.3 Å². The van der Waals surface area contributed by atoms with Gasteiger partial charge in [0, 0.05) is 28.5 Å². The van der Waals surface area contributed by atoms with Gasteiger partial charge in [-0.3, -0.25) is 9.78 Å². The van der Waals surface area contributed by atoms with Gasteiger partial charge < -0.3 is 15.8 Å². The average Bonchev–Trinajstić information content (AvgIpc) is 2.64. The number of nitrogens with zero attached hydrogens (tertiary/aromatic N) is 1. The fourth-order valence-corrected chi connectivity index (χ4v) is 3.06. The van der Waals surface area contributed by atoms with Crippen LogP contribution in [0.3, 0.4) is 0 Å². The lowest BCUT2D eigenvalue weighted by molar-refractivity contribution is 0.0997. The molecule has 0 unspecified atom stereocenters. The van der Waals surface area contributed by atoms with Gasteiger partial charge >= 0.3 is 0 Å². The van der Waals surface area contributed by atoms with Crippen LogP contribution in [0, 0.1) is 15.2 Å². The number of benzene rings is 2. The summed E-state index contributed by atoms with van der Waals surface area (Å²) in [7, 11) is 0. The smallest absolute Gasteiger partial charge is 0.254 e. The van der Waals surface area contributed by atoms with Gasteiger partial charge in [0.25, 0.3) is 5.91 Å². The summed E-state index contributed by atoms with van der Waals surface area (Å²) in [4.78, 5) is 16.0. The molecule has 1 aromatic heterocycles. The van der Waals surface area contributed by atoms with Gasteiger partial charge in [-0.15, -0.1) is 0 Å². The minimum absolute atomic E-state index is 0.00944. The number of aromatic nitrogens is 1. The van der Waals surface area contributed by atoms with Crippen LogP contribution in [-0.2, 0) is 6.42 Å². The van der Waals surface area contributed by atoms with Crippen molar-refractivity contribution in [2.75, 3.05) is 11.9 Å². The number of pyridine rings is 1. The molecule has 3 aromatic rings. The number of primary amides is 1. The van der Waals surface area contributed by atoms with Crippen molar-refractivity contribution in [2.45, 2.75) is 6.42 Å². The van der Waals surface area contributed by atoms with E-state index in [1.807, 2.05) is 28.7 Å². The van der Waals surface area contributed by atoms with Gasteiger partial charge in [-0.05, 0) is 58.5 Å². The highest BCUT2D eigenvalue weighted by Crippen LogP contribution is 2.31. The average molecular weight is 495 g/mol. The summed E-state index contributed by atoms with van der Waals surface area (Å²) in [6.07, 6.45) is 3.86. The molecule has 0 spiro atoms. The molecule has 28 heavy (non-hydrogen) atoms. The lowest BCUT2D eigenvalue weighted by Crippen LogP contribution is -2.17. The molecule has 0 fully saturated rings. The van der Waals surface area contributed by atoms with Crippen LogP contribution in [0.4, 0.5) is 20.2 Å². The maximum absolute atomic E-state index is 14.1. The predicted molar refractivity (Wildman–Crippen MR) is 111 cm³/mol. The van der Waals surface area contributed by atoms with E-state index in [0.29, 0.717) is 9.99 Å². The van der Waals surface area contributed by atoms with Gasteiger partial charge in [-0.2, -0.15) is 0 Å². The number of hydrogen-bond acceptors (Lipinski definition) is 4. The van der Waals surface area contributed by atoms with Crippen molar-refractivity contribution in [3.05, 3.63) is 81.2 Å². The first-order valence-corrected chi connectivity index (χ1v) is 9.39. The number of hydrogen-bond donors (Lipinski definition) is 2. The van der Waals surface area contributed by atoms with Gasteiger partial charge in [0.05, 0.1) is 18.0 Å². The molecule has 3 rings (SSSR count). The van der Waals surface area contributed by atoms with Crippen molar-refractivity contribution in [3.63, 3.8) is 0 Å². The highest BCUT2D eigenvalue weighted by molar-refractivity contribution is 14.1. The molecule has 8 heteroatoms. The molecule has 0 aliphatic heterocycles. The van der Waals surface area contributed by atoms with Crippen molar-refractivity contribution in [1.82, 2.24) is 4.98 Å². The van der Waals surface area contributed by atoms with E-state index in [9.17, 15) is 13.6 Å². The van der Waals surface area contributed by atoms with E-state index in [-0.39, 0.29) is 29.3 Å². The number of ether oxygens (including phenoxy) is 1. The van der Waals surface area contributed by atoms with Crippen LogP contribution < -0.4 is 15.8 Å². The second-order valence-electron chi connectivity index (χ2n) is 5.90. The monoisotopic (exact) mass is 495 g/mol. The molecule has 0 radical (unpaired) electrons. The van der Waals surface area contributed by atoms with Crippen LogP contribution in [-0.4, -0.2) is 17.5 Å². The Morgan fingerprint density at radius 2 is 2.00 bits per heavy atom. The second-order valence-corrected chi connectivity index (χ2v) is 7.15. The summed E-state index contributed by atoms with van der Waals surface area (Å²) < 4.78 is 34.6. The number of nitrogens with two attached hydrogens (primary N) is 1. The third-order valence-corrected chi connectivity index (χ3v) is 4.56. The third-order valence-electron chi connectivity index (χ3n) is 3.88. The Morgan fingerprint density at radius 1 is 1.18 bits per heavy atom. The molecule has 0 atom stereocenters. The molecule has 0 bridgehead atoms. The number of carbonyl (C=O) groups excluding carboxylic acids is 1. The number of rotatable bonds is 7. The van der Waals surface area contributed by atoms with E-state index in [1.165, 1.54) is 12.1 Å². The summed E-state index contributed by atoms with van der Waals surface area (Å²) >= 11 is 1.97. The largest absolute Gasteiger partial charge is 0.492 e. The van der Waals surface area contributed by atoms with Gasteiger partial charge in [-0.25, -0.2) is 8.78 Å². The van der Waals surface area contributed by atoms with Crippen LogP contribution in [0.25, 0.3) is 0 Å². The molecule has 0 saturated heterocycles. The van der Waals surface area contributed by atoms with Gasteiger partial charge in [0.1, 0.15) is 22.9 Å². The molecule has 3 N–H and O–H groups in total. The number of carbonyl (C=O) groups is 1. The molecule has 0 saturated carbocycles. The molecule has 5 nitrogen and oxygen atoms in total. The first-order chi connectivity index (χ1) is 13.4. The third kappa shape index (κ3) is 4.94. The fourth-order valence-electron chi connectivity index (χ4n) is 2.61. The number of amides is 1. The Kier molecular flexibility index (Phi) is 6.40. The van der Waals surface area contributed by atoms with E-state index in [0.717, 1.165) is 17.7 Å². The normalized spacial score (nSPS) is 10.5. The summed E-state index contributed by atoms with van der Waals surface area (Å²) in [5, 5.41) is 2.73. The Bertz CT molecular complexity index is 1000. The maximum Gasteiger partial charge on any atom is 0.254 e. The lowest BCUT2D eigenvalue weighted by Gasteiger charge is -2.16. The Balaban J connectivity index is 1.87. The first-order valence-electron chi connectivity index (χ1n) is 8.31. The maximum atomic E-state index is 14.1. The molecule has 0 aliphatic carbocycles. The minimum atomic E-state index is -0.815. The summed E-state index contributed by atoms with van der Waals surface area (Å²) in [5.41, 5.74) is 6.48. The zero-order chi connectivity index (χ0) is 20.1. The van der Waals surface area contributed by atoms with E-state index in [2.05, 4.69) is 10.3 Å². The van der Waals surface area contributed by atoms with E-state index in [1.54, 1.807) is 24.5 Å². The topological polar surface area (TPSA) is 77.2 Å². The molecular weight excluding hydrogens is 479 g/mol. The highest BCUT2D eigenvalue weighted by atomic mass is 127. The SMILES string of the molecule is NC(=O)c1c(Nc2ccc(I)cc2F)cc(F)cc1OCCc1cccnc1. The van der Waals surface area contributed by atoms with E-state index in [4.69, 9.17) is 10.5 Å². The quantitative estimate of drug-likeness (QED) is 0.476. The number of halogens is 3. The summed E-state index contributed by atoms with van der Waals surface area (Å²) in [5.74, 6) is -2.00. The highest BCUT2D eigenvalue weighted by Gasteiger charge is 2.19. The summed E-state index contributed by atoms with van der Waals surface area (Å²) in [6, 6.07) is 10.3. The van der Waals surface area contributed by atoms with Crippen LogP contribution in [0.1, 0.15) is 15.9 Å². The van der Waals surface area contributed by atoms with Gasteiger partial charge in [0.15, 0.2) is 0 Å². The van der Waals surface area contributed by atoms with Gasteiger partial charge in [-0.1, -0.05) is 6.07 Å². The zero-order valence-electron chi connectivity index (χ0n) is 14.6. The van der Waals surface area contributed by atoms with Crippen molar-refractivity contribution in [1.29, 1.82) is 0 Å². The van der Waals surface area contributed by atoms with Crippen molar-refractivity contribution in [3.8, 4) is 5.75 Å². The van der Waals surface area contributed by atoms with Crippen LogP contribution in [0.2, 0.25) is 0 Å². The fraction of sp³-hybridized carbons (Fsp3) is 0.100. The van der Waals surface area contributed by atoms with Crippen LogP contribution in [0.15, 0.2) is 54.9 Å². The first kappa shape index (κ1) is 20.0. The molecule has 0 aliphatic rings. The van der Waals surface area contributed by atoms with E-state index < -0.39 is 17.5 Å². The van der Waals surface area contributed by atoms with Crippen LogP contribution in [0.5, 0.6) is 5.75 Å². The van der Waals surface area contributed by atoms with Crippen LogP contribution >= 0.6 is 22.6 Å². The summed E-state index contributed by atoms with van der Waals surface area (Å²) in [6.45, 7) is 0.187. The predicted octanol–water partition coefficient (Wildman–Crippen LogP) is 4.43. The molecular formula is C20H16F2IN3O2. The second kappa shape index (κ2) is 8.96. The van der Waals surface area contributed by atoms with Crippen molar-refractivity contribution in [2.24, 2.45) is 5.73 Å². The molecule has 144 valence electrons. The molecule has 1 heterocycles.